The van der Waals surface area contributed by atoms with Gasteiger partial charge >= 0.3 is 5.97 Å². The number of imide groups is 1. The summed E-state index contributed by atoms with van der Waals surface area (Å²) in [6.07, 6.45) is 2.80. The van der Waals surface area contributed by atoms with Crippen molar-refractivity contribution in [2.75, 3.05) is 6.54 Å². The van der Waals surface area contributed by atoms with E-state index in [0.29, 0.717) is 18.0 Å². The summed E-state index contributed by atoms with van der Waals surface area (Å²) in [5.41, 5.74) is 0.522. The molecule has 0 fully saturated rings. The molecule has 2 rings (SSSR count). The Morgan fingerprint density at radius 2 is 1.81 bits per heavy atom. The highest BCUT2D eigenvalue weighted by Crippen LogP contribution is 2.24. The molecular weight excluding hydrogens is 270 g/mol. The van der Waals surface area contributed by atoms with Crippen LogP contribution < -0.4 is 0 Å². The van der Waals surface area contributed by atoms with Gasteiger partial charge in [-0.1, -0.05) is 26.7 Å². The number of amides is 2. The number of carboxylic acid groups (broad SMARTS) is 1. The standard InChI is InChI=1S/C16H19NO4/c1-10(2)5-3-4-8-17-14(18)12-7-6-11(16(20)21)9-13(12)15(17)19/h6-7,9-10H,3-5,8H2,1-2H3,(H,20,21). The van der Waals surface area contributed by atoms with Gasteiger partial charge in [0.25, 0.3) is 11.8 Å². The van der Waals surface area contributed by atoms with E-state index in [4.69, 9.17) is 5.11 Å². The maximum Gasteiger partial charge on any atom is 0.335 e. The Morgan fingerprint density at radius 3 is 2.43 bits per heavy atom. The minimum atomic E-state index is -1.10. The van der Waals surface area contributed by atoms with Gasteiger partial charge in [-0.25, -0.2) is 4.79 Å². The van der Waals surface area contributed by atoms with Gasteiger partial charge in [0.2, 0.25) is 0 Å². The Kier molecular flexibility index (Phi) is 4.40. The van der Waals surface area contributed by atoms with Crippen molar-refractivity contribution in [2.24, 2.45) is 5.92 Å². The van der Waals surface area contributed by atoms with Gasteiger partial charge in [-0.3, -0.25) is 14.5 Å². The number of benzene rings is 1. The van der Waals surface area contributed by atoms with Crippen LogP contribution in [0.15, 0.2) is 18.2 Å². The maximum atomic E-state index is 12.2. The number of unbranched alkanes of at least 4 members (excludes halogenated alkanes) is 1. The first kappa shape index (κ1) is 15.2. The molecule has 1 aliphatic rings. The monoisotopic (exact) mass is 289 g/mol. The summed E-state index contributed by atoms with van der Waals surface area (Å²) in [7, 11) is 0. The Balaban J connectivity index is 2.09. The molecule has 1 heterocycles. The first-order chi connectivity index (χ1) is 9.91. The van der Waals surface area contributed by atoms with Crippen molar-refractivity contribution < 1.29 is 19.5 Å². The van der Waals surface area contributed by atoms with Gasteiger partial charge in [-0.2, -0.15) is 0 Å². The number of fused-ring (bicyclic) bond motifs is 1. The number of aromatic carboxylic acids is 1. The van der Waals surface area contributed by atoms with Crippen LogP contribution >= 0.6 is 0 Å². The molecule has 112 valence electrons. The number of hydrogen-bond donors (Lipinski definition) is 1. The van der Waals surface area contributed by atoms with Gasteiger partial charge in [-0.15, -0.1) is 0 Å². The molecule has 0 saturated heterocycles. The van der Waals surface area contributed by atoms with Gasteiger partial charge in [-0.05, 0) is 30.5 Å². The molecule has 1 aromatic rings. The second kappa shape index (κ2) is 6.08. The Hall–Kier alpha value is -2.17. The molecule has 0 unspecified atom stereocenters. The fourth-order valence-corrected chi connectivity index (χ4v) is 2.45. The van der Waals surface area contributed by atoms with Gasteiger partial charge in [0, 0.05) is 6.54 Å². The zero-order valence-electron chi connectivity index (χ0n) is 12.3. The minimum absolute atomic E-state index is 0.0246. The lowest BCUT2D eigenvalue weighted by molar-refractivity contribution is 0.0649. The van der Waals surface area contributed by atoms with E-state index in [0.717, 1.165) is 19.3 Å². The van der Waals surface area contributed by atoms with E-state index >= 15 is 0 Å². The molecule has 0 saturated carbocycles. The van der Waals surface area contributed by atoms with Crippen molar-refractivity contribution >= 4 is 17.8 Å². The summed E-state index contributed by atoms with van der Waals surface area (Å²) in [6, 6.07) is 4.06. The lowest BCUT2D eigenvalue weighted by Crippen LogP contribution is -2.30. The highest BCUT2D eigenvalue weighted by atomic mass is 16.4. The predicted octanol–water partition coefficient (Wildman–Crippen LogP) is 2.81. The number of carbonyl (C=O) groups is 3. The minimum Gasteiger partial charge on any atom is -0.478 e. The van der Waals surface area contributed by atoms with Crippen LogP contribution in [-0.2, 0) is 0 Å². The summed E-state index contributed by atoms with van der Waals surface area (Å²) < 4.78 is 0. The quantitative estimate of drug-likeness (QED) is 0.645. The number of rotatable bonds is 6. The third kappa shape index (κ3) is 3.12. The lowest BCUT2D eigenvalue weighted by Gasteiger charge is -2.13. The van der Waals surface area contributed by atoms with Crippen LogP contribution in [0.3, 0.4) is 0 Å². The van der Waals surface area contributed by atoms with Crippen molar-refractivity contribution in [3.63, 3.8) is 0 Å². The third-order valence-corrected chi connectivity index (χ3v) is 3.63. The summed E-state index contributed by atoms with van der Waals surface area (Å²) in [4.78, 5) is 36.6. The molecule has 2 amide bonds. The molecule has 0 radical (unpaired) electrons. The Morgan fingerprint density at radius 1 is 1.14 bits per heavy atom. The summed E-state index contributed by atoms with van der Waals surface area (Å²) in [5.74, 6) is -1.21. The average Bonchev–Trinajstić information content (AvgIpc) is 2.67. The van der Waals surface area contributed by atoms with E-state index in [2.05, 4.69) is 13.8 Å². The van der Waals surface area contributed by atoms with Crippen molar-refractivity contribution in [1.29, 1.82) is 0 Å². The Bertz CT molecular complexity index is 592. The summed E-state index contributed by atoms with van der Waals surface area (Å²) in [6.45, 7) is 4.66. The molecule has 1 aliphatic heterocycles. The van der Waals surface area contributed by atoms with E-state index in [1.54, 1.807) is 0 Å². The number of carbonyl (C=O) groups excluding carboxylic acids is 2. The fourth-order valence-electron chi connectivity index (χ4n) is 2.45. The van der Waals surface area contributed by atoms with Gasteiger partial charge in [0.05, 0.1) is 16.7 Å². The molecule has 21 heavy (non-hydrogen) atoms. The number of carboxylic acids is 1. The predicted molar refractivity (Wildman–Crippen MR) is 77.5 cm³/mol. The first-order valence-corrected chi connectivity index (χ1v) is 7.15. The molecule has 5 heteroatoms. The van der Waals surface area contributed by atoms with Crippen LogP contribution in [0.2, 0.25) is 0 Å². The maximum absolute atomic E-state index is 12.2. The molecule has 0 aliphatic carbocycles. The van der Waals surface area contributed by atoms with Crippen LogP contribution in [0, 0.1) is 5.92 Å². The van der Waals surface area contributed by atoms with E-state index in [1.807, 2.05) is 0 Å². The van der Waals surface area contributed by atoms with Crippen LogP contribution in [0.5, 0.6) is 0 Å². The van der Waals surface area contributed by atoms with E-state index < -0.39 is 5.97 Å². The van der Waals surface area contributed by atoms with E-state index in [1.165, 1.54) is 23.1 Å². The van der Waals surface area contributed by atoms with Crippen molar-refractivity contribution in [3.05, 3.63) is 34.9 Å². The van der Waals surface area contributed by atoms with Crippen molar-refractivity contribution in [1.82, 2.24) is 4.90 Å². The Labute approximate surface area is 123 Å². The average molecular weight is 289 g/mol. The first-order valence-electron chi connectivity index (χ1n) is 7.15. The van der Waals surface area contributed by atoms with E-state index in [9.17, 15) is 14.4 Å². The topological polar surface area (TPSA) is 74.7 Å². The van der Waals surface area contributed by atoms with E-state index in [-0.39, 0.29) is 22.9 Å². The second-order valence-electron chi connectivity index (χ2n) is 5.72. The molecule has 0 spiro atoms. The lowest BCUT2D eigenvalue weighted by atomic mass is 10.1. The van der Waals surface area contributed by atoms with Gasteiger partial charge in [0.15, 0.2) is 0 Å². The summed E-state index contributed by atoms with van der Waals surface area (Å²) in [5, 5.41) is 8.95. The molecular formula is C16H19NO4. The molecule has 5 nitrogen and oxygen atoms in total. The molecule has 0 atom stereocenters. The van der Waals surface area contributed by atoms with Crippen LogP contribution in [0.25, 0.3) is 0 Å². The summed E-state index contributed by atoms with van der Waals surface area (Å²) >= 11 is 0. The van der Waals surface area contributed by atoms with Gasteiger partial charge in [0.1, 0.15) is 0 Å². The van der Waals surface area contributed by atoms with Crippen LogP contribution in [-0.4, -0.2) is 34.3 Å². The SMILES string of the molecule is CC(C)CCCCN1C(=O)c2ccc(C(=O)O)cc2C1=O. The van der Waals surface area contributed by atoms with Crippen LogP contribution in [0.1, 0.15) is 64.2 Å². The van der Waals surface area contributed by atoms with Gasteiger partial charge < -0.3 is 5.11 Å². The number of nitrogens with zero attached hydrogens (tertiary/aromatic N) is 1. The smallest absolute Gasteiger partial charge is 0.335 e. The molecule has 0 aromatic heterocycles. The molecule has 1 N–H and O–H groups in total. The van der Waals surface area contributed by atoms with Crippen molar-refractivity contribution in [2.45, 2.75) is 33.1 Å². The van der Waals surface area contributed by atoms with Crippen molar-refractivity contribution in [3.8, 4) is 0 Å². The molecule has 1 aromatic carbocycles. The zero-order chi connectivity index (χ0) is 15.6. The third-order valence-electron chi connectivity index (χ3n) is 3.63. The zero-order valence-corrected chi connectivity index (χ0v) is 12.3. The second-order valence-corrected chi connectivity index (χ2v) is 5.72. The highest BCUT2D eigenvalue weighted by Gasteiger charge is 2.35. The normalized spacial score (nSPS) is 14.0. The largest absolute Gasteiger partial charge is 0.478 e. The fraction of sp³-hybridized carbons (Fsp3) is 0.438. The number of hydrogen-bond acceptors (Lipinski definition) is 3. The molecule has 0 bridgehead atoms. The highest BCUT2D eigenvalue weighted by molar-refractivity contribution is 6.21. The van der Waals surface area contributed by atoms with Crippen LogP contribution in [0.4, 0.5) is 0 Å².